The molecule has 2 bridgehead atoms. The Morgan fingerprint density at radius 1 is 1.26 bits per heavy atom. The van der Waals surface area contributed by atoms with Gasteiger partial charge in [-0.2, -0.15) is 0 Å². The van der Waals surface area contributed by atoms with Gasteiger partial charge < -0.3 is 10.1 Å². The van der Waals surface area contributed by atoms with Gasteiger partial charge in [-0.3, -0.25) is 0 Å². The van der Waals surface area contributed by atoms with Gasteiger partial charge in [-0.05, 0) is 61.4 Å². The van der Waals surface area contributed by atoms with E-state index in [2.05, 4.69) is 23.5 Å². The molecule has 0 amide bonds. The first-order valence-electron chi connectivity index (χ1n) is 7.74. The molecule has 1 unspecified atom stereocenters. The Labute approximate surface area is 115 Å². The van der Waals surface area contributed by atoms with Crippen LogP contribution in [0.15, 0.2) is 18.2 Å². The molecule has 3 aliphatic rings. The maximum atomic E-state index is 5.48. The van der Waals surface area contributed by atoms with Crippen molar-refractivity contribution in [2.75, 3.05) is 13.7 Å². The number of rotatable bonds is 1. The number of nitrogens with one attached hydrogen (secondary N) is 1. The van der Waals surface area contributed by atoms with E-state index in [1.807, 2.05) is 0 Å². The second-order valence-electron chi connectivity index (χ2n) is 6.55. The van der Waals surface area contributed by atoms with Crippen LogP contribution in [0, 0.1) is 5.92 Å². The van der Waals surface area contributed by atoms with Gasteiger partial charge >= 0.3 is 0 Å². The number of piperidine rings is 1. The second-order valence-corrected chi connectivity index (χ2v) is 6.55. The average Bonchev–Trinajstić information content (AvgIpc) is 2.47. The van der Waals surface area contributed by atoms with E-state index in [0.29, 0.717) is 5.41 Å². The fraction of sp³-hybridized carbons (Fsp3) is 0.647. The van der Waals surface area contributed by atoms with Gasteiger partial charge in [0.2, 0.25) is 0 Å². The van der Waals surface area contributed by atoms with E-state index in [1.54, 1.807) is 18.2 Å². The van der Waals surface area contributed by atoms with Gasteiger partial charge in [-0.15, -0.1) is 0 Å². The summed E-state index contributed by atoms with van der Waals surface area (Å²) in [4.78, 5) is 0. The summed E-state index contributed by atoms with van der Waals surface area (Å²) in [6.07, 6.45) is 8.15. The number of fused-ring (bicyclic) bond motifs is 1. The molecule has 0 spiro atoms. The lowest BCUT2D eigenvalue weighted by Crippen LogP contribution is -2.59. The Morgan fingerprint density at radius 3 is 3.11 bits per heavy atom. The molecule has 2 fully saturated rings. The van der Waals surface area contributed by atoms with Crippen molar-refractivity contribution in [2.45, 2.75) is 50.0 Å². The third-order valence-electron chi connectivity index (χ3n) is 5.85. The zero-order chi connectivity index (χ0) is 12.9. The van der Waals surface area contributed by atoms with E-state index < -0.39 is 0 Å². The van der Waals surface area contributed by atoms with Crippen molar-refractivity contribution in [3.63, 3.8) is 0 Å². The standard InChI is InChI=1S/C17H23NO/c1-19-13-6-5-12-10-16-14-4-2-3-7-17(14,8-9-18-16)15(12)11-13/h5-6,11,14,16,18H,2-4,7-10H2,1H3/t14-,16-,17?/m1/s1. The van der Waals surface area contributed by atoms with Gasteiger partial charge in [0.15, 0.2) is 0 Å². The van der Waals surface area contributed by atoms with Crippen LogP contribution in [0.2, 0.25) is 0 Å². The number of hydrogen-bond acceptors (Lipinski definition) is 2. The number of benzene rings is 1. The number of methoxy groups -OCH3 is 1. The van der Waals surface area contributed by atoms with Crippen LogP contribution in [0.4, 0.5) is 0 Å². The van der Waals surface area contributed by atoms with Crippen LogP contribution >= 0.6 is 0 Å². The fourth-order valence-corrected chi connectivity index (χ4v) is 5.03. The molecule has 2 nitrogen and oxygen atoms in total. The lowest BCUT2D eigenvalue weighted by atomic mass is 9.53. The van der Waals surface area contributed by atoms with Crippen LogP contribution in [0.5, 0.6) is 5.75 Å². The quantitative estimate of drug-likeness (QED) is 0.835. The summed E-state index contributed by atoms with van der Waals surface area (Å²) in [5.74, 6) is 1.89. The first-order valence-corrected chi connectivity index (χ1v) is 7.74. The molecule has 0 aromatic heterocycles. The SMILES string of the molecule is COc1ccc2c(c1)C13CCCC[C@@H]1[C@@H](C2)NCC3. The third-order valence-corrected chi connectivity index (χ3v) is 5.85. The predicted molar refractivity (Wildman–Crippen MR) is 76.7 cm³/mol. The smallest absolute Gasteiger partial charge is 0.119 e. The third kappa shape index (κ3) is 1.59. The zero-order valence-electron chi connectivity index (χ0n) is 11.7. The Bertz CT molecular complexity index is 494. The van der Waals surface area contributed by atoms with Crippen molar-refractivity contribution in [3.05, 3.63) is 29.3 Å². The molecule has 1 aromatic carbocycles. The summed E-state index contributed by atoms with van der Waals surface area (Å²) in [6, 6.07) is 7.50. The Hall–Kier alpha value is -1.02. The van der Waals surface area contributed by atoms with E-state index in [-0.39, 0.29) is 0 Å². The maximum absolute atomic E-state index is 5.48. The molecular formula is C17H23NO. The Balaban J connectivity index is 1.88. The zero-order valence-corrected chi connectivity index (χ0v) is 11.7. The molecule has 4 rings (SSSR count). The minimum atomic E-state index is 0.455. The number of hydrogen-bond donors (Lipinski definition) is 1. The number of ether oxygens (including phenoxy) is 1. The molecule has 1 aromatic rings. The first kappa shape index (κ1) is 11.8. The van der Waals surface area contributed by atoms with E-state index in [9.17, 15) is 0 Å². The summed E-state index contributed by atoms with van der Waals surface area (Å²) < 4.78 is 5.48. The second kappa shape index (κ2) is 4.24. The molecule has 1 heterocycles. The highest BCUT2D eigenvalue weighted by atomic mass is 16.5. The molecule has 2 heteroatoms. The molecule has 1 N–H and O–H groups in total. The van der Waals surface area contributed by atoms with Gasteiger partial charge in [0.05, 0.1) is 7.11 Å². The van der Waals surface area contributed by atoms with Crippen molar-refractivity contribution in [1.82, 2.24) is 5.32 Å². The Morgan fingerprint density at radius 2 is 2.21 bits per heavy atom. The van der Waals surface area contributed by atoms with E-state index in [1.165, 1.54) is 45.1 Å². The van der Waals surface area contributed by atoms with Crippen molar-refractivity contribution < 1.29 is 4.74 Å². The normalized spacial score (nSPS) is 36.3. The molecule has 3 atom stereocenters. The Kier molecular flexibility index (Phi) is 2.63. The first-order chi connectivity index (χ1) is 9.33. The highest BCUT2D eigenvalue weighted by molar-refractivity contribution is 5.45. The van der Waals surface area contributed by atoms with Crippen LogP contribution in [-0.4, -0.2) is 19.7 Å². The molecule has 1 aliphatic heterocycles. The van der Waals surface area contributed by atoms with Crippen molar-refractivity contribution in [2.24, 2.45) is 5.92 Å². The molecule has 1 saturated heterocycles. The molecule has 0 radical (unpaired) electrons. The molecule has 102 valence electrons. The lowest BCUT2D eigenvalue weighted by Gasteiger charge is -2.56. The van der Waals surface area contributed by atoms with Gasteiger partial charge in [-0.25, -0.2) is 0 Å². The van der Waals surface area contributed by atoms with Gasteiger partial charge in [0.1, 0.15) is 5.75 Å². The molecular weight excluding hydrogens is 234 g/mol. The molecule has 2 aliphatic carbocycles. The minimum absolute atomic E-state index is 0.455. The van der Waals surface area contributed by atoms with Crippen LogP contribution in [-0.2, 0) is 11.8 Å². The predicted octanol–water partition coefficient (Wildman–Crippen LogP) is 3.04. The monoisotopic (exact) mass is 257 g/mol. The molecule has 1 saturated carbocycles. The summed E-state index contributed by atoms with van der Waals surface area (Å²) in [6.45, 7) is 1.19. The summed E-state index contributed by atoms with van der Waals surface area (Å²) in [5.41, 5.74) is 3.64. The summed E-state index contributed by atoms with van der Waals surface area (Å²) >= 11 is 0. The van der Waals surface area contributed by atoms with Crippen LogP contribution in [0.3, 0.4) is 0 Å². The highest BCUT2D eigenvalue weighted by Gasteiger charge is 2.51. The van der Waals surface area contributed by atoms with Crippen LogP contribution in [0.1, 0.15) is 43.2 Å². The van der Waals surface area contributed by atoms with Gasteiger partial charge in [0, 0.05) is 11.5 Å². The fourth-order valence-electron chi connectivity index (χ4n) is 5.03. The summed E-state index contributed by atoms with van der Waals surface area (Å²) in [7, 11) is 1.78. The molecule has 19 heavy (non-hydrogen) atoms. The maximum Gasteiger partial charge on any atom is 0.119 e. The van der Waals surface area contributed by atoms with Gasteiger partial charge in [-0.1, -0.05) is 18.9 Å². The van der Waals surface area contributed by atoms with Crippen molar-refractivity contribution in [1.29, 1.82) is 0 Å². The largest absolute Gasteiger partial charge is 0.497 e. The van der Waals surface area contributed by atoms with E-state index >= 15 is 0 Å². The van der Waals surface area contributed by atoms with E-state index in [4.69, 9.17) is 4.74 Å². The van der Waals surface area contributed by atoms with Gasteiger partial charge in [0.25, 0.3) is 0 Å². The van der Waals surface area contributed by atoms with Crippen LogP contribution < -0.4 is 10.1 Å². The van der Waals surface area contributed by atoms with E-state index in [0.717, 1.165) is 17.7 Å². The summed E-state index contributed by atoms with van der Waals surface area (Å²) in [5, 5.41) is 3.78. The minimum Gasteiger partial charge on any atom is -0.497 e. The van der Waals surface area contributed by atoms with Crippen molar-refractivity contribution in [3.8, 4) is 5.75 Å². The lowest BCUT2D eigenvalue weighted by molar-refractivity contribution is 0.0795. The van der Waals surface area contributed by atoms with Crippen LogP contribution in [0.25, 0.3) is 0 Å². The topological polar surface area (TPSA) is 21.3 Å². The highest BCUT2D eigenvalue weighted by Crippen LogP contribution is 2.54. The average molecular weight is 257 g/mol. The van der Waals surface area contributed by atoms with Crippen molar-refractivity contribution >= 4 is 0 Å².